The molecule has 1 rings (SSSR count). The Morgan fingerprint density at radius 2 is 2.00 bits per heavy atom. The molecule has 0 saturated heterocycles. The minimum Gasteiger partial charge on any atom is -0.475 e. The first-order valence-electron chi connectivity index (χ1n) is 4.84. The molecule has 0 atom stereocenters. The Morgan fingerprint density at radius 1 is 1.29 bits per heavy atom. The molecule has 0 fully saturated rings. The van der Waals surface area contributed by atoms with E-state index in [0.717, 1.165) is 0 Å². The van der Waals surface area contributed by atoms with Crippen LogP contribution in [0, 0.1) is 0 Å². The predicted molar refractivity (Wildman–Crippen MR) is 56.6 cm³/mol. The van der Waals surface area contributed by atoms with Crippen LogP contribution in [0.2, 0.25) is 0 Å². The van der Waals surface area contributed by atoms with E-state index < -0.39 is 0 Å². The van der Waals surface area contributed by atoms with Gasteiger partial charge >= 0.3 is 0 Å². The third-order valence-corrected chi connectivity index (χ3v) is 1.40. The fourth-order valence-electron chi connectivity index (χ4n) is 0.977. The summed E-state index contributed by atoms with van der Waals surface area (Å²) in [6.45, 7) is 8.02. The van der Waals surface area contributed by atoms with E-state index in [4.69, 9.17) is 4.74 Å². The maximum Gasteiger partial charge on any atom is 0.226 e. The monoisotopic (exact) mass is 195 g/mol. The molecule has 14 heavy (non-hydrogen) atoms. The second-order valence-electron chi connectivity index (χ2n) is 3.68. The molecule has 0 saturated carbocycles. The first kappa shape index (κ1) is 10.8. The molecule has 0 aliphatic heterocycles. The predicted octanol–water partition coefficient (Wildman–Crippen LogP) is 2.08. The first-order chi connectivity index (χ1) is 6.58. The highest BCUT2D eigenvalue weighted by atomic mass is 16.5. The zero-order valence-electron chi connectivity index (χ0n) is 9.11. The smallest absolute Gasteiger partial charge is 0.226 e. The lowest BCUT2D eigenvalue weighted by molar-refractivity contribution is 0.232. The van der Waals surface area contributed by atoms with E-state index in [1.807, 2.05) is 27.7 Å². The van der Waals surface area contributed by atoms with Crippen molar-refractivity contribution in [3.63, 3.8) is 0 Å². The van der Waals surface area contributed by atoms with E-state index in [-0.39, 0.29) is 6.10 Å². The Bertz CT molecular complexity index is 261. The maximum absolute atomic E-state index is 5.45. The van der Waals surface area contributed by atoms with E-state index in [1.54, 1.807) is 12.3 Å². The van der Waals surface area contributed by atoms with Crippen LogP contribution in [0.3, 0.4) is 0 Å². The second-order valence-corrected chi connectivity index (χ2v) is 3.68. The van der Waals surface area contributed by atoms with E-state index in [9.17, 15) is 0 Å². The van der Waals surface area contributed by atoms with Crippen LogP contribution < -0.4 is 10.1 Å². The number of rotatable bonds is 4. The lowest BCUT2D eigenvalue weighted by atomic mass is 10.4. The molecule has 0 aromatic carbocycles. The molecule has 0 radical (unpaired) electrons. The van der Waals surface area contributed by atoms with Gasteiger partial charge in [0.25, 0.3) is 0 Å². The van der Waals surface area contributed by atoms with Crippen molar-refractivity contribution in [1.29, 1.82) is 0 Å². The Hall–Kier alpha value is -1.32. The summed E-state index contributed by atoms with van der Waals surface area (Å²) in [5.41, 5.74) is 0. The van der Waals surface area contributed by atoms with Gasteiger partial charge in [-0.1, -0.05) is 0 Å². The van der Waals surface area contributed by atoms with Crippen molar-refractivity contribution < 1.29 is 4.74 Å². The summed E-state index contributed by atoms with van der Waals surface area (Å²) in [5.74, 6) is 1.22. The zero-order valence-corrected chi connectivity index (χ0v) is 9.11. The van der Waals surface area contributed by atoms with Gasteiger partial charge < -0.3 is 10.1 Å². The topological polar surface area (TPSA) is 47.0 Å². The van der Waals surface area contributed by atoms with Crippen molar-refractivity contribution in [2.24, 2.45) is 0 Å². The van der Waals surface area contributed by atoms with Crippen LogP contribution in [0.15, 0.2) is 12.3 Å². The van der Waals surface area contributed by atoms with E-state index in [1.165, 1.54) is 0 Å². The van der Waals surface area contributed by atoms with Crippen molar-refractivity contribution in [1.82, 2.24) is 9.97 Å². The molecule has 1 aromatic rings. The van der Waals surface area contributed by atoms with Crippen LogP contribution in [0.5, 0.6) is 5.88 Å². The van der Waals surface area contributed by atoms with Crippen molar-refractivity contribution in [2.75, 3.05) is 5.32 Å². The maximum atomic E-state index is 5.45. The summed E-state index contributed by atoms with van der Waals surface area (Å²) in [6.07, 6.45) is 1.83. The molecule has 1 heterocycles. The molecule has 1 aromatic heterocycles. The molecule has 0 spiro atoms. The van der Waals surface area contributed by atoms with Crippen LogP contribution in [0.4, 0.5) is 5.95 Å². The van der Waals surface area contributed by atoms with Crippen LogP contribution in [-0.2, 0) is 0 Å². The largest absolute Gasteiger partial charge is 0.475 e. The van der Waals surface area contributed by atoms with Gasteiger partial charge in [0.15, 0.2) is 0 Å². The fraction of sp³-hybridized carbons (Fsp3) is 0.600. The van der Waals surface area contributed by atoms with Crippen molar-refractivity contribution >= 4 is 5.95 Å². The molecule has 4 heteroatoms. The highest BCUT2D eigenvalue weighted by Gasteiger charge is 2.02. The number of anilines is 1. The number of ether oxygens (including phenoxy) is 1. The quantitative estimate of drug-likeness (QED) is 0.799. The van der Waals surface area contributed by atoms with E-state index in [0.29, 0.717) is 17.9 Å². The highest BCUT2D eigenvalue weighted by molar-refractivity contribution is 5.28. The van der Waals surface area contributed by atoms with Crippen molar-refractivity contribution in [3.8, 4) is 5.88 Å². The van der Waals surface area contributed by atoms with Gasteiger partial charge in [-0.2, -0.15) is 4.98 Å². The second kappa shape index (κ2) is 4.79. The molecule has 0 amide bonds. The Balaban J connectivity index is 2.68. The Morgan fingerprint density at radius 3 is 2.57 bits per heavy atom. The summed E-state index contributed by atoms with van der Waals surface area (Å²) < 4.78 is 5.45. The van der Waals surface area contributed by atoms with Crippen LogP contribution in [-0.4, -0.2) is 22.1 Å². The molecule has 0 aliphatic rings. The fourth-order valence-corrected chi connectivity index (χ4v) is 0.977. The molecule has 4 nitrogen and oxygen atoms in total. The van der Waals surface area contributed by atoms with Crippen LogP contribution in [0.1, 0.15) is 27.7 Å². The molecular formula is C10H17N3O. The van der Waals surface area contributed by atoms with Crippen LogP contribution in [0.25, 0.3) is 0 Å². The first-order valence-corrected chi connectivity index (χ1v) is 4.84. The summed E-state index contributed by atoms with van der Waals surface area (Å²) in [5, 5.41) is 3.12. The molecule has 0 bridgehead atoms. The van der Waals surface area contributed by atoms with E-state index in [2.05, 4.69) is 15.3 Å². The van der Waals surface area contributed by atoms with Gasteiger partial charge in [-0.15, -0.1) is 0 Å². The average Bonchev–Trinajstić information content (AvgIpc) is 2.01. The SMILES string of the molecule is CC(C)Nc1nccc(OC(C)C)n1. The molecular weight excluding hydrogens is 178 g/mol. The standard InChI is InChI=1S/C10H17N3O/c1-7(2)12-10-11-6-5-9(13-10)14-8(3)4/h5-8H,1-4H3,(H,11,12,13). The summed E-state index contributed by atoms with van der Waals surface area (Å²) in [4.78, 5) is 8.29. The molecule has 0 unspecified atom stereocenters. The van der Waals surface area contributed by atoms with Gasteiger partial charge in [0, 0.05) is 18.3 Å². The highest BCUT2D eigenvalue weighted by Crippen LogP contribution is 2.10. The number of hydrogen-bond donors (Lipinski definition) is 1. The van der Waals surface area contributed by atoms with Crippen molar-refractivity contribution in [2.45, 2.75) is 39.8 Å². The number of nitrogens with one attached hydrogen (secondary N) is 1. The van der Waals surface area contributed by atoms with Gasteiger partial charge in [0.05, 0.1) is 6.10 Å². The third kappa shape index (κ3) is 3.60. The third-order valence-electron chi connectivity index (χ3n) is 1.40. The number of nitrogens with zero attached hydrogens (tertiary/aromatic N) is 2. The number of hydrogen-bond acceptors (Lipinski definition) is 4. The molecule has 1 N–H and O–H groups in total. The van der Waals surface area contributed by atoms with Crippen molar-refractivity contribution in [3.05, 3.63) is 12.3 Å². The van der Waals surface area contributed by atoms with Gasteiger partial charge in [-0.3, -0.25) is 0 Å². The zero-order chi connectivity index (χ0) is 10.6. The average molecular weight is 195 g/mol. The van der Waals surface area contributed by atoms with E-state index >= 15 is 0 Å². The summed E-state index contributed by atoms with van der Waals surface area (Å²) in [7, 11) is 0. The molecule has 78 valence electrons. The Labute approximate surface area is 84.7 Å². The minimum atomic E-state index is 0.136. The summed E-state index contributed by atoms with van der Waals surface area (Å²) >= 11 is 0. The van der Waals surface area contributed by atoms with Gasteiger partial charge in [-0.25, -0.2) is 4.98 Å². The normalized spacial score (nSPS) is 10.7. The van der Waals surface area contributed by atoms with Gasteiger partial charge in [-0.05, 0) is 27.7 Å². The van der Waals surface area contributed by atoms with Crippen LogP contribution >= 0.6 is 0 Å². The Kier molecular flexibility index (Phi) is 3.68. The number of aromatic nitrogens is 2. The molecule has 0 aliphatic carbocycles. The lowest BCUT2D eigenvalue weighted by Gasteiger charge is -2.11. The van der Waals surface area contributed by atoms with Gasteiger partial charge in [0.1, 0.15) is 0 Å². The minimum absolute atomic E-state index is 0.136. The summed E-state index contributed by atoms with van der Waals surface area (Å²) in [6, 6.07) is 2.08. The van der Waals surface area contributed by atoms with Gasteiger partial charge in [0.2, 0.25) is 11.8 Å². The lowest BCUT2D eigenvalue weighted by Crippen LogP contribution is -2.13.